The molecular formula is C31H30BrFN4O5S. The van der Waals surface area contributed by atoms with E-state index in [0.29, 0.717) is 43.9 Å². The number of rotatable bonds is 9. The number of morpholine rings is 1. The van der Waals surface area contributed by atoms with Crippen molar-refractivity contribution in [3.8, 4) is 11.5 Å². The molecule has 9 nitrogen and oxygen atoms in total. The van der Waals surface area contributed by atoms with Gasteiger partial charge in [-0.2, -0.15) is 0 Å². The summed E-state index contributed by atoms with van der Waals surface area (Å²) >= 11 is 4.85. The Bertz CT molecular complexity index is 1540. The SMILES string of the molecule is CCOc1cc(/C=C2\SC(=Nc3ccc(N4CCOCC4)cc3)N(C)C2=O)c(Br)cc1OCC(=O)Nc1ccc(F)cc1. The van der Waals surface area contributed by atoms with Crippen LogP contribution in [0, 0.1) is 5.82 Å². The van der Waals surface area contributed by atoms with Crippen molar-refractivity contribution in [1.82, 2.24) is 4.90 Å². The van der Waals surface area contributed by atoms with Gasteiger partial charge in [-0.1, -0.05) is 15.9 Å². The number of amides is 2. The van der Waals surface area contributed by atoms with Gasteiger partial charge in [0.15, 0.2) is 23.3 Å². The van der Waals surface area contributed by atoms with Crippen LogP contribution in [0.15, 0.2) is 75.0 Å². The van der Waals surface area contributed by atoms with E-state index >= 15 is 0 Å². The van der Waals surface area contributed by atoms with Gasteiger partial charge in [0.05, 0.1) is 30.4 Å². The molecule has 0 spiro atoms. The highest BCUT2D eigenvalue weighted by Gasteiger charge is 2.31. The fraction of sp³-hybridized carbons (Fsp3) is 0.258. The first kappa shape index (κ1) is 30.6. The zero-order valence-electron chi connectivity index (χ0n) is 23.6. The Hall–Kier alpha value is -3.87. The average Bonchev–Trinajstić information content (AvgIpc) is 3.27. The minimum atomic E-state index is -0.407. The lowest BCUT2D eigenvalue weighted by Crippen LogP contribution is -2.36. The summed E-state index contributed by atoms with van der Waals surface area (Å²) in [6.07, 6.45) is 1.77. The molecule has 12 heteroatoms. The summed E-state index contributed by atoms with van der Waals surface area (Å²) < 4.78 is 30.7. The first-order chi connectivity index (χ1) is 20.8. The third kappa shape index (κ3) is 7.75. The Morgan fingerprint density at radius 1 is 1.09 bits per heavy atom. The highest BCUT2D eigenvalue weighted by molar-refractivity contribution is 9.10. The topological polar surface area (TPSA) is 92.7 Å². The van der Waals surface area contributed by atoms with E-state index < -0.39 is 11.7 Å². The second kappa shape index (κ2) is 14.1. The average molecular weight is 670 g/mol. The highest BCUT2D eigenvalue weighted by Crippen LogP contribution is 2.38. The van der Waals surface area contributed by atoms with Crippen molar-refractivity contribution in [3.63, 3.8) is 0 Å². The molecule has 2 amide bonds. The zero-order chi connectivity index (χ0) is 30.3. The largest absolute Gasteiger partial charge is 0.490 e. The quantitative estimate of drug-likeness (QED) is 0.277. The number of anilines is 2. The molecule has 5 rings (SSSR count). The number of amidine groups is 1. The van der Waals surface area contributed by atoms with Crippen molar-refractivity contribution in [3.05, 3.63) is 81.4 Å². The second-order valence-corrected chi connectivity index (χ2v) is 11.4. The lowest BCUT2D eigenvalue weighted by atomic mass is 10.2. The third-order valence-corrected chi connectivity index (χ3v) is 8.34. The number of benzene rings is 3. The number of nitrogens with one attached hydrogen (secondary N) is 1. The predicted molar refractivity (Wildman–Crippen MR) is 171 cm³/mol. The fourth-order valence-electron chi connectivity index (χ4n) is 4.38. The van der Waals surface area contributed by atoms with Crippen LogP contribution in [-0.4, -0.2) is 68.4 Å². The van der Waals surface area contributed by atoms with E-state index in [1.165, 1.54) is 40.9 Å². The summed E-state index contributed by atoms with van der Waals surface area (Å²) in [7, 11) is 1.70. The molecule has 2 saturated heterocycles. The molecule has 0 unspecified atom stereocenters. The van der Waals surface area contributed by atoms with Gasteiger partial charge in [0, 0.05) is 36.0 Å². The molecule has 0 atom stereocenters. The van der Waals surface area contributed by atoms with Crippen molar-refractivity contribution in [1.29, 1.82) is 0 Å². The van der Waals surface area contributed by atoms with Crippen LogP contribution < -0.4 is 19.7 Å². The number of carbonyl (C=O) groups is 2. The van der Waals surface area contributed by atoms with Gasteiger partial charge in [-0.25, -0.2) is 9.38 Å². The first-order valence-corrected chi connectivity index (χ1v) is 15.3. The number of hydrogen-bond acceptors (Lipinski definition) is 8. The molecule has 0 aromatic heterocycles. The molecular weight excluding hydrogens is 639 g/mol. The Labute approximate surface area is 261 Å². The molecule has 3 aromatic rings. The number of halogens is 2. The number of nitrogens with zero attached hydrogens (tertiary/aromatic N) is 3. The molecule has 0 radical (unpaired) electrons. The smallest absolute Gasteiger partial charge is 0.266 e. The van der Waals surface area contributed by atoms with Crippen molar-refractivity contribution < 1.29 is 28.2 Å². The fourth-order valence-corrected chi connectivity index (χ4v) is 5.79. The van der Waals surface area contributed by atoms with Crippen molar-refractivity contribution in [2.75, 3.05) is 56.8 Å². The van der Waals surface area contributed by atoms with Gasteiger partial charge < -0.3 is 24.4 Å². The van der Waals surface area contributed by atoms with E-state index in [0.717, 1.165) is 37.7 Å². The standard InChI is InChI=1S/C31H30BrFN4O5S/c1-3-41-26-16-20(25(32)18-27(26)42-19-29(38)34-22-6-4-21(33)5-7-22)17-28-30(39)36(2)31(43-28)35-23-8-10-24(11-9-23)37-12-14-40-15-13-37/h4-11,16-18H,3,12-15,19H2,1-2H3,(H,34,38)/b28-17-,35-31?. The van der Waals surface area contributed by atoms with Crippen LogP contribution in [0.5, 0.6) is 11.5 Å². The lowest BCUT2D eigenvalue weighted by molar-refractivity contribution is -0.121. The maximum Gasteiger partial charge on any atom is 0.266 e. The van der Waals surface area contributed by atoms with Crippen molar-refractivity contribution in [2.45, 2.75) is 6.92 Å². The Morgan fingerprint density at radius 2 is 1.79 bits per heavy atom. The minimum Gasteiger partial charge on any atom is -0.490 e. The van der Waals surface area contributed by atoms with Crippen LogP contribution in [0.1, 0.15) is 12.5 Å². The minimum absolute atomic E-state index is 0.170. The van der Waals surface area contributed by atoms with E-state index in [4.69, 9.17) is 19.2 Å². The molecule has 0 bridgehead atoms. The monoisotopic (exact) mass is 668 g/mol. The number of aliphatic imine (C=N–C) groups is 1. The van der Waals surface area contributed by atoms with Crippen LogP contribution >= 0.6 is 27.7 Å². The van der Waals surface area contributed by atoms with E-state index in [1.807, 2.05) is 31.2 Å². The van der Waals surface area contributed by atoms with Crippen LogP contribution in [0.3, 0.4) is 0 Å². The molecule has 0 aliphatic carbocycles. The number of ether oxygens (including phenoxy) is 3. The Balaban J connectivity index is 1.29. The van der Waals surface area contributed by atoms with Crippen LogP contribution in [0.25, 0.3) is 6.08 Å². The molecule has 2 heterocycles. The number of thioether (sulfide) groups is 1. The van der Waals surface area contributed by atoms with Crippen molar-refractivity contribution in [2.24, 2.45) is 4.99 Å². The van der Waals surface area contributed by atoms with Crippen LogP contribution in [0.4, 0.5) is 21.5 Å². The molecule has 2 aliphatic heterocycles. The summed E-state index contributed by atoms with van der Waals surface area (Å²) in [5.41, 5.74) is 3.03. The van der Waals surface area contributed by atoms with Gasteiger partial charge in [-0.3, -0.25) is 14.5 Å². The third-order valence-electron chi connectivity index (χ3n) is 6.59. The van der Waals surface area contributed by atoms with Gasteiger partial charge in [0.25, 0.3) is 11.8 Å². The van der Waals surface area contributed by atoms with Gasteiger partial charge >= 0.3 is 0 Å². The van der Waals surface area contributed by atoms with Gasteiger partial charge in [0.1, 0.15) is 5.82 Å². The molecule has 2 aliphatic rings. The highest BCUT2D eigenvalue weighted by atomic mass is 79.9. The summed E-state index contributed by atoms with van der Waals surface area (Å²) in [5.74, 6) is -0.190. The zero-order valence-corrected chi connectivity index (χ0v) is 26.0. The summed E-state index contributed by atoms with van der Waals surface area (Å²) in [4.78, 5) is 34.5. The normalized spacial score (nSPS) is 17.1. The summed E-state index contributed by atoms with van der Waals surface area (Å²) in [6, 6.07) is 16.9. The summed E-state index contributed by atoms with van der Waals surface area (Å²) in [5, 5.41) is 3.23. The van der Waals surface area contributed by atoms with Gasteiger partial charge in [-0.05, 0) is 91.0 Å². The second-order valence-electron chi connectivity index (χ2n) is 9.58. The first-order valence-electron chi connectivity index (χ1n) is 13.6. The van der Waals surface area contributed by atoms with Crippen molar-refractivity contribution >= 4 is 67.8 Å². The molecule has 1 N–H and O–H groups in total. The van der Waals surface area contributed by atoms with Crippen LogP contribution in [0.2, 0.25) is 0 Å². The summed E-state index contributed by atoms with van der Waals surface area (Å²) in [6.45, 7) is 5.08. The molecule has 224 valence electrons. The maximum absolute atomic E-state index is 13.1. The molecule has 43 heavy (non-hydrogen) atoms. The maximum atomic E-state index is 13.1. The van der Waals surface area contributed by atoms with E-state index in [-0.39, 0.29) is 12.5 Å². The van der Waals surface area contributed by atoms with Gasteiger partial charge in [0.2, 0.25) is 0 Å². The number of hydrogen-bond donors (Lipinski definition) is 1. The number of likely N-dealkylation sites (N-methyl/N-ethyl adjacent to an activating group) is 1. The number of carbonyl (C=O) groups excluding carboxylic acids is 2. The molecule has 3 aromatic carbocycles. The Kier molecular flexibility index (Phi) is 10.0. The van der Waals surface area contributed by atoms with E-state index in [1.54, 1.807) is 25.3 Å². The van der Waals surface area contributed by atoms with Gasteiger partial charge in [-0.15, -0.1) is 0 Å². The predicted octanol–water partition coefficient (Wildman–Crippen LogP) is 6.07. The lowest BCUT2D eigenvalue weighted by Gasteiger charge is -2.28. The van der Waals surface area contributed by atoms with E-state index in [2.05, 4.69) is 26.1 Å². The molecule has 0 saturated carbocycles. The van der Waals surface area contributed by atoms with Crippen LogP contribution in [-0.2, 0) is 14.3 Å². The van der Waals surface area contributed by atoms with E-state index in [9.17, 15) is 14.0 Å². The molecule has 2 fully saturated rings. The Morgan fingerprint density at radius 3 is 2.49 bits per heavy atom.